The molecule has 0 atom stereocenters. The normalized spacial score (nSPS) is 10.9. The number of nitrogens with zero attached hydrogens (tertiary/aromatic N) is 3. The fourth-order valence-electron chi connectivity index (χ4n) is 2.49. The van der Waals surface area contributed by atoms with Crippen LogP contribution in [0.15, 0.2) is 47.5 Å². The van der Waals surface area contributed by atoms with Gasteiger partial charge in [-0.2, -0.15) is 0 Å². The number of nitrogens with two attached hydrogens (primary N) is 1. The molecular weight excluding hydrogens is 360 g/mol. The Morgan fingerprint density at radius 1 is 0.963 bits per heavy atom. The maximum Gasteiger partial charge on any atom is 0.220 e. The van der Waals surface area contributed by atoms with Gasteiger partial charge < -0.3 is 5.73 Å². The van der Waals surface area contributed by atoms with Crippen molar-refractivity contribution in [1.82, 2.24) is 15.0 Å². The summed E-state index contributed by atoms with van der Waals surface area (Å²) in [5.74, 6) is 6.30. The van der Waals surface area contributed by atoms with Gasteiger partial charge in [-0.05, 0) is 38.1 Å². The van der Waals surface area contributed by atoms with E-state index < -0.39 is 9.84 Å². The molecule has 3 rings (SSSR count). The first kappa shape index (κ1) is 18.5. The van der Waals surface area contributed by atoms with E-state index in [9.17, 15) is 8.42 Å². The van der Waals surface area contributed by atoms with Crippen LogP contribution in [0.5, 0.6) is 0 Å². The molecule has 6 nitrogen and oxygen atoms in total. The second kappa shape index (κ2) is 7.17. The van der Waals surface area contributed by atoms with Crippen molar-refractivity contribution in [3.05, 3.63) is 65.1 Å². The van der Waals surface area contributed by atoms with E-state index in [1.54, 1.807) is 30.5 Å². The van der Waals surface area contributed by atoms with Gasteiger partial charge in [-0.15, -0.1) is 0 Å². The van der Waals surface area contributed by atoms with Gasteiger partial charge in [0.1, 0.15) is 0 Å². The summed E-state index contributed by atoms with van der Waals surface area (Å²) in [6.45, 7) is 3.72. The molecule has 0 bridgehead atoms. The summed E-state index contributed by atoms with van der Waals surface area (Å²) in [5.41, 5.74) is 10.1. The average Bonchev–Trinajstić information content (AvgIpc) is 2.61. The standard InChI is InChI=1S/C20H18N4O2S/c1-13-4-5-15(12-22-13)6-11-18-14(2)23-20(21)24-19(18)16-7-9-17(10-8-16)27(3,25)26/h4-5,7-10,12H,1-3H3,(H2,21,23,24). The number of hydrogen-bond donors (Lipinski definition) is 1. The first-order valence-electron chi connectivity index (χ1n) is 8.13. The molecule has 0 aliphatic carbocycles. The zero-order valence-electron chi connectivity index (χ0n) is 15.2. The highest BCUT2D eigenvalue weighted by molar-refractivity contribution is 7.90. The second-order valence-corrected chi connectivity index (χ2v) is 8.14. The summed E-state index contributed by atoms with van der Waals surface area (Å²) < 4.78 is 23.3. The molecule has 1 aromatic carbocycles. The summed E-state index contributed by atoms with van der Waals surface area (Å²) in [7, 11) is -3.27. The molecule has 136 valence electrons. The van der Waals surface area contributed by atoms with Crippen LogP contribution in [0.4, 0.5) is 5.95 Å². The lowest BCUT2D eigenvalue weighted by Crippen LogP contribution is -2.03. The Bertz CT molecular complexity index is 1160. The van der Waals surface area contributed by atoms with E-state index in [0.29, 0.717) is 22.5 Å². The lowest BCUT2D eigenvalue weighted by molar-refractivity contribution is 0.602. The van der Waals surface area contributed by atoms with Crippen molar-refractivity contribution < 1.29 is 8.42 Å². The summed E-state index contributed by atoms with van der Waals surface area (Å²) in [6.07, 6.45) is 2.87. The lowest BCUT2D eigenvalue weighted by Gasteiger charge is -2.08. The highest BCUT2D eigenvalue weighted by Crippen LogP contribution is 2.25. The Labute approximate surface area is 158 Å². The van der Waals surface area contributed by atoms with Crippen LogP contribution in [0, 0.1) is 25.7 Å². The SMILES string of the molecule is Cc1ccc(C#Cc2c(C)nc(N)nc2-c2ccc(S(C)(=O)=O)cc2)cn1. The number of hydrogen-bond acceptors (Lipinski definition) is 6. The molecule has 2 heterocycles. The van der Waals surface area contributed by atoms with E-state index in [4.69, 9.17) is 5.73 Å². The quantitative estimate of drug-likeness (QED) is 0.688. The molecule has 0 unspecified atom stereocenters. The maximum absolute atomic E-state index is 11.7. The Morgan fingerprint density at radius 2 is 1.67 bits per heavy atom. The van der Waals surface area contributed by atoms with Crippen molar-refractivity contribution >= 4 is 15.8 Å². The molecule has 0 saturated carbocycles. The summed E-state index contributed by atoms with van der Waals surface area (Å²) in [4.78, 5) is 13.0. The minimum Gasteiger partial charge on any atom is -0.368 e. The van der Waals surface area contributed by atoms with Crippen LogP contribution in [0.2, 0.25) is 0 Å². The van der Waals surface area contributed by atoms with Crippen molar-refractivity contribution in [3.8, 4) is 23.1 Å². The van der Waals surface area contributed by atoms with Gasteiger partial charge >= 0.3 is 0 Å². The Morgan fingerprint density at radius 3 is 2.26 bits per heavy atom. The monoisotopic (exact) mass is 378 g/mol. The third-order valence-electron chi connectivity index (χ3n) is 3.91. The van der Waals surface area contributed by atoms with Crippen LogP contribution < -0.4 is 5.73 Å². The molecule has 0 radical (unpaired) electrons. The third-order valence-corrected chi connectivity index (χ3v) is 5.03. The van der Waals surface area contributed by atoms with Gasteiger partial charge in [-0.25, -0.2) is 18.4 Å². The van der Waals surface area contributed by atoms with E-state index in [1.165, 1.54) is 6.26 Å². The molecule has 0 amide bonds. The second-order valence-electron chi connectivity index (χ2n) is 6.13. The predicted molar refractivity (Wildman–Crippen MR) is 105 cm³/mol. The largest absolute Gasteiger partial charge is 0.368 e. The number of aryl methyl sites for hydroxylation is 2. The van der Waals surface area contributed by atoms with Gasteiger partial charge in [0.25, 0.3) is 0 Å². The van der Waals surface area contributed by atoms with Crippen LogP contribution in [0.25, 0.3) is 11.3 Å². The van der Waals surface area contributed by atoms with Crippen molar-refractivity contribution in [2.45, 2.75) is 18.7 Å². The van der Waals surface area contributed by atoms with Crippen LogP contribution in [0.3, 0.4) is 0 Å². The molecule has 0 spiro atoms. The number of anilines is 1. The molecular formula is C20H18N4O2S. The summed E-state index contributed by atoms with van der Waals surface area (Å²) in [5, 5.41) is 0. The predicted octanol–water partition coefficient (Wildman–Crippen LogP) is 2.54. The van der Waals surface area contributed by atoms with E-state index in [1.807, 2.05) is 26.0 Å². The molecule has 2 aromatic heterocycles. The van der Waals surface area contributed by atoms with Gasteiger partial charge in [0, 0.05) is 29.3 Å². The number of aromatic nitrogens is 3. The highest BCUT2D eigenvalue weighted by atomic mass is 32.2. The maximum atomic E-state index is 11.7. The third kappa shape index (κ3) is 4.30. The molecule has 7 heteroatoms. The molecule has 0 fully saturated rings. The molecule has 27 heavy (non-hydrogen) atoms. The fraction of sp³-hybridized carbons (Fsp3) is 0.150. The molecule has 0 aliphatic rings. The number of rotatable bonds is 2. The van der Waals surface area contributed by atoms with E-state index in [2.05, 4.69) is 26.8 Å². The van der Waals surface area contributed by atoms with E-state index in [0.717, 1.165) is 11.3 Å². The minimum absolute atomic E-state index is 0.136. The van der Waals surface area contributed by atoms with Crippen molar-refractivity contribution in [2.75, 3.05) is 12.0 Å². The lowest BCUT2D eigenvalue weighted by atomic mass is 10.0. The van der Waals surface area contributed by atoms with Gasteiger partial charge in [0.2, 0.25) is 5.95 Å². The van der Waals surface area contributed by atoms with Gasteiger partial charge in [-0.1, -0.05) is 24.0 Å². The minimum atomic E-state index is -3.27. The summed E-state index contributed by atoms with van der Waals surface area (Å²) >= 11 is 0. The Balaban J connectivity index is 2.10. The highest BCUT2D eigenvalue weighted by Gasteiger charge is 2.13. The fourth-order valence-corrected chi connectivity index (χ4v) is 3.12. The van der Waals surface area contributed by atoms with Crippen molar-refractivity contribution in [3.63, 3.8) is 0 Å². The van der Waals surface area contributed by atoms with Crippen LogP contribution >= 0.6 is 0 Å². The summed E-state index contributed by atoms with van der Waals surface area (Å²) in [6, 6.07) is 10.2. The topological polar surface area (TPSA) is 98.8 Å². The molecule has 3 aromatic rings. The van der Waals surface area contributed by atoms with Crippen molar-refractivity contribution in [2.24, 2.45) is 0 Å². The van der Waals surface area contributed by atoms with Crippen LogP contribution in [-0.4, -0.2) is 29.6 Å². The number of nitrogen functional groups attached to an aromatic ring is 1. The van der Waals surface area contributed by atoms with Gasteiger partial charge in [-0.3, -0.25) is 4.98 Å². The van der Waals surface area contributed by atoms with E-state index >= 15 is 0 Å². The van der Waals surface area contributed by atoms with Crippen LogP contribution in [0.1, 0.15) is 22.5 Å². The first-order valence-corrected chi connectivity index (χ1v) is 10.0. The zero-order valence-corrected chi connectivity index (χ0v) is 16.0. The Kier molecular flexibility index (Phi) is 4.93. The number of benzene rings is 1. The molecule has 0 aliphatic heterocycles. The molecule has 0 saturated heterocycles. The van der Waals surface area contributed by atoms with Crippen molar-refractivity contribution in [1.29, 1.82) is 0 Å². The first-order chi connectivity index (χ1) is 12.7. The average molecular weight is 378 g/mol. The van der Waals surface area contributed by atoms with E-state index in [-0.39, 0.29) is 10.8 Å². The smallest absolute Gasteiger partial charge is 0.220 e. The Hall–Kier alpha value is -3.24. The molecule has 2 N–H and O–H groups in total. The van der Waals surface area contributed by atoms with Crippen LogP contribution in [-0.2, 0) is 9.84 Å². The number of pyridine rings is 1. The van der Waals surface area contributed by atoms with Gasteiger partial charge in [0.15, 0.2) is 9.84 Å². The zero-order chi connectivity index (χ0) is 19.6. The number of sulfone groups is 1. The van der Waals surface area contributed by atoms with Gasteiger partial charge in [0.05, 0.1) is 21.8 Å².